The van der Waals surface area contributed by atoms with Gasteiger partial charge in [0.2, 0.25) is 0 Å². The zero-order valence-corrected chi connectivity index (χ0v) is 21.7. The van der Waals surface area contributed by atoms with Crippen molar-refractivity contribution in [1.29, 1.82) is 0 Å². The minimum atomic E-state index is 0. The molecule has 3 aromatic rings. The molecule has 0 fully saturated rings. The van der Waals surface area contributed by atoms with Gasteiger partial charge in [-0.1, -0.05) is 43.3 Å². The molecule has 1 aromatic heterocycles. The molecule has 0 aliphatic heterocycles. The maximum Gasteiger partial charge on any atom is 0.191 e. The summed E-state index contributed by atoms with van der Waals surface area (Å²) in [6.07, 6.45) is 4.84. The van der Waals surface area contributed by atoms with Gasteiger partial charge in [0.15, 0.2) is 5.96 Å². The summed E-state index contributed by atoms with van der Waals surface area (Å²) in [6.45, 7) is 9.11. The number of nitrogens with zero attached hydrogens (tertiary/aromatic N) is 3. The Kier molecular flexibility index (Phi) is 10.5. The van der Waals surface area contributed by atoms with Gasteiger partial charge in [-0.3, -0.25) is 4.99 Å². The van der Waals surface area contributed by atoms with Crippen LogP contribution in [0.1, 0.15) is 41.4 Å². The Hall–Kier alpha value is -2.55. The SMILES string of the molecule is CCCOc1cc(C)ccc1CNC(=NC)NCc1cccc(Cn2ccnc2C)c1.I. The summed E-state index contributed by atoms with van der Waals surface area (Å²) in [5.74, 6) is 2.72. The zero-order chi connectivity index (χ0) is 22.1. The molecule has 0 unspecified atom stereocenters. The number of imidazole rings is 1. The molecular weight excluding hydrogens is 513 g/mol. The molecule has 2 aromatic carbocycles. The minimum Gasteiger partial charge on any atom is -0.493 e. The van der Waals surface area contributed by atoms with Crippen LogP contribution >= 0.6 is 24.0 Å². The molecule has 0 aliphatic rings. The van der Waals surface area contributed by atoms with Crippen molar-refractivity contribution in [1.82, 2.24) is 20.2 Å². The van der Waals surface area contributed by atoms with Crippen molar-refractivity contribution in [2.45, 2.75) is 46.8 Å². The summed E-state index contributed by atoms with van der Waals surface area (Å²) in [6, 6.07) is 14.9. The van der Waals surface area contributed by atoms with Crippen LogP contribution in [-0.2, 0) is 19.6 Å². The molecule has 32 heavy (non-hydrogen) atoms. The topological polar surface area (TPSA) is 63.5 Å². The van der Waals surface area contributed by atoms with Crippen LogP contribution in [0.4, 0.5) is 0 Å². The molecule has 3 rings (SSSR count). The van der Waals surface area contributed by atoms with Gasteiger partial charge in [0, 0.05) is 44.6 Å². The summed E-state index contributed by atoms with van der Waals surface area (Å²) in [4.78, 5) is 8.66. The highest BCUT2D eigenvalue weighted by Crippen LogP contribution is 2.20. The van der Waals surface area contributed by atoms with Crippen molar-refractivity contribution < 1.29 is 4.74 Å². The van der Waals surface area contributed by atoms with Gasteiger partial charge >= 0.3 is 0 Å². The third-order valence-corrected chi connectivity index (χ3v) is 5.08. The molecule has 0 spiro atoms. The largest absolute Gasteiger partial charge is 0.493 e. The van der Waals surface area contributed by atoms with E-state index in [1.165, 1.54) is 16.7 Å². The van der Waals surface area contributed by atoms with Crippen LogP contribution in [0, 0.1) is 13.8 Å². The Bertz CT molecular complexity index is 1020. The lowest BCUT2D eigenvalue weighted by molar-refractivity contribution is 0.313. The van der Waals surface area contributed by atoms with E-state index in [2.05, 4.69) is 81.5 Å². The van der Waals surface area contributed by atoms with E-state index in [4.69, 9.17) is 4.74 Å². The number of nitrogens with one attached hydrogen (secondary N) is 2. The molecule has 0 saturated carbocycles. The number of aliphatic imine (C=N–C) groups is 1. The number of benzene rings is 2. The Morgan fingerprint density at radius 2 is 1.84 bits per heavy atom. The van der Waals surface area contributed by atoms with Crippen molar-refractivity contribution in [2.75, 3.05) is 13.7 Å². The minimum absolute atomic E-state index is 0. The van der Waals surface area contributed by atoms with Crippen LogP contribution in [0.5, 0.6) is 5.75 Å². The van der Waals surface area contributed by atoms with E-state index in [0.717, 1.165) is 42.7 Å². The first-order chi connectivity index (χ1) is 15.1. The van der Waals surface area contributed by atoms with Gasteiger partial charge in [0.25, 0.3) is 0 Å². The molecule has 0 atom stereocenters. The number of guanidine groups is 1. The molecule has 0 radical (unpaired) electrons. The second-order valence-corrected chi connectivity index (χ2v) is 7.66. The molecule has 2 N–H and O–H groups in total. The van der Waals surface area contributed by atoms with Crippen LogP contribution in [0.25, 0.3) is 0 Å². The lowest BCUT2D eigenvalue weighted by Crippen LogP contribution is -2.36. The first kappa shape index (κ1) is 25.7. The van der Waals surface area contributed by atoms with Crippen LogP contribution in [0.2, 0.25) is 0 Å². The Labute approximate surface area is 208 Å². The summed E-state index contributed by atoms with van der Waals surface area (Å²) in [5, 5.41) is 6.80. The van der Waals surface area contributed by atoms with Gasteiger partial charge in [-0.05, 0) is 43.0 Å². The number of aryl methyl sites for hydroxylation is 2. The maximum atomic E-state index is 5.92. The van der Waals surface area contributed by atoms with E-state index >= 15 is 0 Å². The smallest absolute Gasteiger partial charge is 0.191 e. The summed E-state index contributed by atoms with van der Waals surface area (Å²) < 4.78 is 8.07. The fourth-order valence-corrected chi connectivity index (χ4v) is 3.35. The van der Waals surface area contributed by atoms with Crippen LogP contribution < -0.4 is 15.4 Å². The number of halogens is 1. The number of hydrogen-bond acceptors (Lipinski definition) is 3. The summed E-state index contributed by atoms with van der Waals surface area (Å²) in [7, 11) is 1.79. The van der Waals surface area contributed by atoms with Crippen LogP contribution in [0.3, 0.4) is 0 Å². The molecule has 0 aliphatic carbocycles. The lowest BCUT2D eigenvalue weighted by atomic mass is 10.1. The van der Waals surface area contributed by atoms with E-state index in [-0.39, 0.29) is 24.0 Å². The standard InChI is InChI=1S/C25H33N5O.HI/c1-5-13-31-24-14-19(2)9-10-23(24)17-29-25(26-4)28-16-21-7-6-8-22(15-21)18-30-12-11-27-20(30)3;/h6-12,14-15H,5,13,16-18H2,1-4H3,(H2,26,28,29);1H. The Balaban J connectivity index is 0.00000363. The van der Waals surface area contributed by atoms with Crippen molar-refractivity contribution in [3.05, 3.63) is 82.9 Å². The van der Waals surface area contributed by atoms with Crippen molar-refractivity contribution in [3.63, 3.8) is 0 Å². The van der Waals surface area contributed by atoms with Gasteiger partial charge in [-0.15, -0.1) is 24.0 Å². The average molecular weight is 547 g/mol. The van der Waals surface area contributed by atoms with Gasteiger partial charge in [-0.2, -0.15) is 0 Å². The highest BCUT2D eigenvalue weighted by atomic mass is 127. The first-order valence-corrected chi connectivity index (χ1v) is 10.8. The van der Waals surface area contributed by atoms with Gasteiger partial charge in [0.1, 0.15) is 11.6 Å². The Morgan fingerprint density at radius 3 is 2.56 bits per heavy atom. The second kappa shape index (κ2) is 13.1. The average Bonchev–Trinajstić information content (AvgIpc) is 3.18. The van der Waals surface area contributed by atoms with E-state index in [9.17, 15) is 0 Å². The van der Waals surface area contributed by atoms with Gasteiger partial charge in [0.05, 0.1) is 6.61 Å². The second-order valence-electron chi connectivity index (χ2n) is 7.66. The van der Waals surface area contributed by atoms with E-state index in [0.29, 0.717) is 13.1 Å². The third-order valence-electron chi connectivity index (χ3n) is 5.08. The predicted octanol–water partition coefficient (Wildman–Crippen LogP) is 4.82. The number of ether oxygens (including phenoxy) is 1. The number of hydrogen-bond donors (Lipinski definition) is 2. The fraction of sp³-hybridized carbons (Fsp3) is 0.360. The highest BCUT2D eigenvalue weighted by Gasteiger charge is 2.06. The lowest BCUT2D eigenvalue weighted by Gasteiger charge is -2.15. The van der Waals surface area contributed by atoms with Gasteiger partial charge < -0.3 is 19.9 Å². The molecule has 6 nitrogen and oxygen atoms in total. The van der Waals surface area contributed by atoms with E-state index in [1.54, 1.807) is 7.05 Å². The monoisotopic (exact) mass is 547 g/mol. The number of aromatic nitrogens is 2. The molecule has 0 amide bonds. The summed E-state index contributed by atoms with van der Waals surface area (Å²) >= 11 is 0. The summed E-state index contributed by atoms with van der Waals surface area (Å²) in [5.41, 5.74) is 4.78. The maximum absolute atomic E-state index is 5.92. The molecule has 0 bridgehead atoms. The molecular formula is C25H34IN5O. The van der Waals surface area contributed by atoms with Crippen LogP contribution in [-0.4, -0.2) is 29.2 Å². The quantitative estimate of drug-likeness (QED) is 0.229. The van der Waals surface area contributed by atoms with Crippen molar-refractivity contribution in [2.24, 2.45) is 4.99 Å². The highest BCUT2D eigenvalue weighted by molar-refractivity contribution is 14.0. The molecule has 172 valence electrons. The zero-order valence-electron chi connectivity index (χ0n) is 19.4. The van der Waals surface area contributed by atoms with Crippen molar-refractivity contribution in [3.8, 4) is 5.75 Å². The molecule has 7 heteroatoms. The molecule has 0 saturated heterocycles. The normalized spacial score (nSPS) is 11.1. The Morgan fingerprint density at radius 1 is 1.06 bits per heavy atom. The third kappa shape index (κ3) is 7.55. The predicted molar refractivity (Wildman–Crippen MR) is 142 cm³/mol. The van der Waals surface area contributed by atoms with E-state index in [1.807, 2.05) is 19.3 Å². The van der Waals surface area contributed by atoms with Crippen LogP contribution in [0.15, 0.2) is 59.9 Å². The van der Waals surface area contributed by atoms with Crippen molar-refractivity contribution >= 4 is 29.9 Å². The first-order valence-electron chi connectivity index (χ1n) is 10.8. The molecule has 1 heterocycles. The number of rotatable bonds is 9. The van der Waals surface area contributed by atoms with E-state index < -0.39 is 0 Å². The van der Waals surface area contributed by atoms with Gasteiger partial charge in [-0.25, -0.2) is 4.98 Å². The fourth-order valence-electron chi connectivity index (χ4n) is 3.35.